The van der Waals surface area contributed by atoms with E-state index in [4.69, 9.17) is 4.74 Å². The van der Waals surface area contributed by atoms with Crippen molar-refractivity contribution in [1.29, 1.82) is 0 Å². The normalized spacial score (nSPS) is 10.6. The number of fused-ring (bicyclic) bond motifs is 1. The molecule has 132 valence electrons. The van der Waals surface area contributed by atoms with Crippen LogP contribution in [-0.2, 0) is 16.0 Å². The quantitative estimate of drug-likeness (QED) is 0.273. The number of para-hydroxylation sites is 1. The van der Waals surface area contributed by atoms with Gasteiger partial charge in [0, 0.05) is 24.1 Å². The maximum atomic E-state index is 12.0. The summed E-state index contributed by atoms with van der Waals surface area (Å²) in [6, 6.07) is 12.9. The molecule has 3 rings (SSSR count). The maximum absolute atomic E-state index is 12.0. The molecule has 0 fully saturated rings. The van der Waals surface area contributed by atoms with Gasteiger partial charge in [0.2, 0.25) is 0 Å². The van der Waals surface area contributed by atoms with E-state index in [0.29, 0.717) is 6.42 Å². The van der Waals surface area contributed by atoms with Crippen molar-refractivity contribution in [2.24, 2.45) is 0 Å². The van der Waals surface area contributed by atoms with E-state index in [9.17, 15) is 19.7 Å². The number of ether oxygens (including phenoxy) is 1. The van der Waals surface area contributed by atoms with E-state index in [2.05, 4.69) is 4.98 Å². The van der Waals surface area contributed by atoms with Crippen LogP contribution in [0.25, 0.3) is 10.2 Å². The maximum Gasteiger partial charge on any atom is 0.306 e. The highest BCUT2D eigenvalue weighted by Gasteiger charge is 2.13. The molecular formula is C18H14N2O5S. The van der Waals surface area contributed by atoms with E-state index in [0.717, 1.165) is 15.2 Å². The Hall–Kier alpha value is -3.13. The average molecular weight is 370 g/mol. The number of benzene rings is 2. The smallest absolute Gasteiger partial charge is 0.306 e. The lowest BCUT2D eigenvalue weighted by atomic mass is 10.1. The number of nitro groups is 1. The number of carbonyl (C=O) groups excluding carboxylic acids is 2. The molecule has 0 N–H and O–H groups in total. The first-order valence-corrected chi connectivity index (χ1v) is 8.62. The van der Waals surface area contributed by atoms with Gasteiger partial charge < -0.3 is 4.74 Å². The lowest BCUT2D eigenvalue weighted by Crippen LogP contribution is -2.14. The molecule has 2 aromatic carbocycles. The van der Waals surface area contributed by atoms with Gasteiger partial charge in [-0.05, 0) is 24.3 Å². The van der Waals surface area contributed by atoms with E-state index in [-0.39, 0.29) is 17.7 Å². The number of aryl methyl sites for hydroxylation is 1. The molecule has 0 bridgehead atoms. The number of esters is 1. The van der Waals surface area contributed by atoms with Crippen LogP contribution >= 0.6 is 11.3 Å². The topological polar surface area (TPSA) is 99.4 Å². The van der Waals surface area contributed by atoms with Crippen molar-refractivity contribution in [3.05, 3.63) is 69.2 Å². The summed E-state index contributed by atoms with van der Waals surface area (Å²) in [4.78, 5) is 38.3. The zero-order valence-corrected chi connectivity index (χ0v) is 14.4. The Morgan fingerprint density at radius 2 is 1.85 bits per heavy atom. The number of ketones is 1. The van der Waals surface area contributed by atoms with Crippen LogP contribution in [0.4, 0.5) is 5.69 Å². The van der Waals surface area contributed by atoms with Crippen molar-refractivity contribution in [2.75, 3.05) is 6.61 Å². The van der Waals surface area contributed by atoms with E-state index >= 15 is 0 Å². The van der Waals surface area contributed by atoms with Crippen LogP contribution in [0.3, 0.4) is 0 Å². The third-order valence-corrected chi connectivity index (χ3v) is 4.74. The van der Waals surface area contributed by atoms with Gasteiger partial charge in [0.05, 0.1) is 26.6 Å². The lowest BCUT2D eigenvalue weighted by Gasteiger charge is -2.03. The number of hydrogen-bond acceptors (Lipinski definition) is 7. The summed E-state index contributed by atoms with van der Waals surface area (Å²) in [6.07, 6.45) is 0.581. The molecule has 0 aliphatic carbocycles. The average Bonchev–Trinajstić information content (AvgIpc) is 3.07. The number of aromatic nitrogens is 1. The van der Waals surface area contributed by atoms with E-state index < -0.39 is 23.3 Å². The molecule has 0 aliphatic rings. The first-order chi connectivity index (χ1) is 12.5. The molecule has 0 radical (unpaired) electrons. The zero-order valence-electron chi connectivity index (χ0n) is 13.6. The van der Waals surface area contributed by atoms with Crippen LogP contribution in [0.1, 0.15) is 21.8 Å². The van der Waals surface area contributed by atoms with E-state index in [1.54, 1.807) is 0 Å². The molecule has 0 unspecified atom stereocenters. The number of hydrogen-bond donors (Lipinski definition) is 0. The first kappa shape index (κ1) is 17.7. The van der Waals surface area contributed by atoms with E-state index in [1.165, 1.54) is 35.6 Å². The van der Waals surface area contributed by atoms with E-state index in [1.807, 2.05) is 24.3 Å². The van der Waals surface area contributed by atoms with Gasteiger partial charge in [-0.15, -0.1) is 11.3 Å². The third-order valence-electron chi connectivity index (χ3n) is 3.65. The van der Waals surface area contributed by atoms with Crippen molar-refractivity contribution >= 4 is 39.0 Å². The Labute approximate surface area is 152 Å². The van der Waals surface area contributed by atoms with Gasteiger partial charge >= 0.3 is 5.97 Å². The second kappa shape index (κ2) is 7.83. The minimum atomic E-state index is -0.545. The standard InChI is InChI=1S/C18H14N2O5S/c21-15(12-5-7-13(8-6-12)20(23)24)11-25-18(22)10-9-17-19-14-3-1-2-4-16(14)26-17/h1-8H,9-11H2. The number of nitro benzene ring substituents is 1. The first-order valence-electron chi connectivity index (χ1n) is 7.80. The van der Waals surface area contributed by atoms with Crippen LogP contribution < -0.4 is 0 Å². The van der Waals surface area contributed by atoms with Crippen molar-refractivity contribution in [1.82, 2.24) is 4.98 Å². The van der Waals surface area contributed by atoms with Gasteiger partial charge in [-0.3, -0.25) is 19.7 Å². The molecule has 0 saturated carbocycles. The summed E-state index contributed by atoms with van der Waals surface area (Å²) in [7, 11) is 0. The SMILES string of the molecule is O=C(CCc1nc2ccccc2s1)OCC(=O)c1ccc([N+](=O)[O-])cc1. The van der Waals surface area contributed by atoms with Gasteiger partial charge in [0.1, 0.15) is 0 Å². The number of nitrogens with zero attached hydrogens (tertiary/aromatic N) is 2. The van der Waals surface area contributed by atoms with Crippen molar-refractivity contribution in [3.63, 3.8) is 0 Å². The molecule has 26 heavy (non-hydrogen) atoms. The van der Waals surface area contributed by atoms with Crippen molar-refractivity contribution < 1.29 is 19.2 Å². The fraction of sp³-hybridized carbons (Fsp3) is 0.167. The summed E-state index contributed by atoms with van der Waals surface area (Å²) in [5.74, 6) is -0.896. The molecule has 0 aliphatic heterocycles. The molecule has 0 spiro atoms. The molecule has 0 atom stereocenters. The van der Waals surface area contributed by atoms with Gasteiger partial charge in [-0.1, -0.05) is 12.1 Å². The predicted molar refractivity (Wildman–Crippen MR) is 96.3 cm³/mol. The van der Waals surface area contributed by atoms with Crippen LogP contribution in [0, 0.1) is 10.1 Å². The highest BCUT2D eigenvalue weighted by Crippen LogP contribution is 2.22. The molecule has 0 saturated heterocycles. The number of Topliss-reactive ketones (excluding diaryl/α,β-unsaturated/α-hetero) is 1. The van der Waals surface area contributed by atoms with Crippen molar-refractivity contribution in [2.45, 2.75) is 12.8 Å². The zero-order chi connectivity index (χ0) is 18.5. The van der Waals surface area contributed by atoms with Crippen LogP contribution in [-0.4, -0.2) is 28.3 Å². The second-order valence-electron chi connectivity index (χ2n) is 5.46. The fourth-order valence-corrected chi connectivity index (χ4v) is 3.27. The van der Waals surface area contributed by atoms with Gasteiger partial charge in [-0.2, -0.15) is 0 Å². The highest BCUT2D eigenvalue weighted by atomic mass is 32.1. The summed E-state index contributed by atoms with van der Waals surface area (Å²) in [6.45, 7) is -0.392. The van der Waals surface area contributed by atoms with Gasteiger partial charge in [0.25, 0.3) is 5.69 Å². The molecule has 8 heteroatoms. The second-order valence-corrected chi connectivity index (χ2v) is 6.58. The largest absolute Gasteiger partial charge is 0.457 e. The molecule has 7 nitrogen and oxygen atoms in total. The Morgan fingerprint density at radius 1 is 1.12 bits per heavy atom. The lowest BCUT2D eigenvalue weighted by molar-refractivity contribution is -0.384. The predicted octanol–water partition coefficient (Wildman–Crippen LogP) is 3.56. The molecular weight excluding hydrogens is 356 g/mol. The number of rotatable bonds is 7. The number of carbonyl (C=O) groups is 2. The fourth-order valence-electron chi connectivity index (χ4n) is 2.31. The Morgan fingerprint density at radius 3 is 2.54 bits per heavy atom. The summed E-state index contributed by atoms with van der Waals surface area (Å²) >= 11 is 1.52. The van der Waals surface area contributed by atoms with Crippen molar-refractivity contribution in [3.8, 4) is 0 Å². The summed E-state index contributed by atoms with van der Waals surface area (Å²) in [5, 5.41) is 11.4. The Kier molecular flexibility index (Phi) is 5.33. The minimum Gasteiger partial charge on any atom is -0.457 e. The summed E-state index contributed by atoms with van der Waals surface area (Å²) < 4.78 is 6.05. The Bertz CT molecular complexity index is 932. The Balaban J connectivity index is 1.48. The number of thiazole rings is 1. The molecule has 0 amide bonds. The highest BCUT2D eigenvalue weighted by molar-refractivity contribution is 7.18. The molecule has 3 aromatic rings. The molecule has 1 aromatic heterocycles. The third kappa shape index (κ3) is 4.28. The van der Waals surface area contributed by atoms with Crippen LogP contribution in [0.2, 0.25) is 0 Å². The van der Waals surface area contributed by atoms with Gasteiger partial charge in [0.15, 0.2) is 12.4 Å². The van der Waals surface area contributed by atoms with Crippen LogP contribution in [0.15, 0.2) is 48.5 Å². The summed E-state index contributed by atoms with van der Waals surface area (Å²) in [5.41, 5.74) is 1.05. The van der Waals surface area contributed by atoms with Gasteiger partial charge in [-0.25, -0.2) is 4.98 Å². The molecule has 1 heterocycles. The van der Waals surface area contributed by atoms with Crippen LogP contribution in [0.5, 0.6) is 0 Å². The number of non-ortho nitro benzene ring substituents is 1. The monoisotopic (exact) mass is 370 g/mol. The minimum absolute atomic E-state index is 0.102.